The van der Waals surface area contributed by atoms with Crippen molar-refractivity contribution in [3.8, 4) is 0 Å². The molecule has 1 aromatic rings. The zero-order valence-corrected chi connectivity index (χ0v) is 11.2. The van der Waals surface area contributed by atoms with E-state index in [2.05, 4.69) is 21.2 Å². The molecule has 1 nitrogen and oxygen atoms in total. The van der Waals surface area contributed by atoms with Gasteiger partial charge in [0.15, 0.2) is 0 Å². The van der Waals surface area contributed by atoms with Gasteiger partial charge in [-0.05, 0) is 48.0 Å². The van der Waals surface area contributed by atoms with Crippen LogP contribution in [0.2, 0.25) is 0 Å². The molecule has 0 spiro atoms. The smallest absolute Gasteiger partial charge is 0.312 e. The molecular formula is C10H13BrF3NS. The van der Waals surface area contributed by atoms with Crippen molar-refractivity contribution in [2.75, 3.05) is 7.05 Å². The fraction of sp³-hybridized carbons (Fsp3) is 0.600. The molecular weight excluding hydrogens is 303 g/mol. The Morgan fingerprint density at radius 2 is 2.12 bits per heavy atom. The molecule has 1 atom stereocenters. The Bertz CT molecular complexity index is 324. The predicted molar refractivity (Wildman–Crippen MR) is 63.7 cm³/mol. The van der Waals surface area contributed by atoms with Crippen LogP contribution in [0.1, 0.15) is 30.2 Å². The van der Waals surface area contributed by atoms with Crippen molar-refractivity contribution in [2.24, 2.45) is 0 Å². The van der Waals surface area contributed by atoms with Crippen LogP contribution in [0.4, 0.5) is 13.2 Å². The minimum Gasteiger partial charge on any atom is -0.312 e. The summed E-state index contributed by atoms with van der Waals surface area (Å²) in [7, 11) is 1.77. The number of halogens is 4. The molecule has 92 valence electrons. The molecule has 0 aliphatic rings. The summed E-state index contributed by atoms with van der Waals surface area (Å²) < 4.78 is 37.0. The fourth-order valence-electron chi connectivity index (χ4n) is 1.45. The van der Waals surface area contributed by atoms with Crippen molar-refractivity contribution in [3.63, 3.8) is 0 Å². The molecule has 6 heteroatoms. The summed E-state index contributed by atoms with van der Waals surface area (Å²) in [6, 6.07) is 3.86. The molecule has 0 saturated carbocycles. The maximum atomic E-state index is 12.0. The van der Waals surface area contributed by atoms with Crippen LogP contribution in [-0.4, -0.2) is 13.2 Å². The third-order valence-electron chi connectivity index (χ3n) is 2.24. The monoisotopic (exact) mass is 315 g/mol. The lowest BCUT2D eigenvalue weighted by Crippen LogP contribution is -2.16. The summed E-state index contributed by atoms with van der Waals surface area (Å²) in [5.74, 6) is 0. The van der Waals surface area contributed by atoms with Crippen molar-refractivity contribution in [1.82, 2.24) is 5.32 Å². The van der Waals surface area contributed by atoms with Gasteiger partial charge in [-0.25, -0.2) is 0 Å². The molecule has 0 aliphatic heterocycles. The minimum absolute atomic E-state index is 0.0126. The molecule has 0 saturated heterocycles. The Morgan fingerprint density at radius 3 is 2.56 bits per heavy atom. The Morgan fingerprint density at radius 1 is 1.44 bits per heavy atom. The highest BCUT2D eigenvalue weighted by molar-refractivity contribution is 9.11. The number of hydrogen-bond donors (Lipinski definition) is 1. The summed E-state index contributed by atoms with van der Waals surface area (Å²) in [6.45, 7) is 0. The van der Waals surface area contributed by atoms with Gasteiger partial charge in [-0.2, -0.15) is 13.2 Å². The number of rotatable bonds is 5. The average Bonchev–Trinajstić information content (AvgIpc) is 2.58. The molecule has 1 unspecified atom stereocenters. The van der Waals surface area contributed by atoms with E-state index < -0.39 is 12.6 Å². The van der Waals surface area contributed by atoms with Crippen molar-refractivity contribution in [2.45, 2.75) is 31.5 Å². The van der Waals surface area contributed by atoms with Gasteiger partial charge >= 0.3 is 6.18 Å². The summed E-state index contributed by atoms with van der Waals surface area (Å²) in [4.78, 5) is 1.07. The van der Waals surface area contributed by atoms with Crippen molar-refractivity contribution in [3.05, 3.63) is 20.8 Å². The first-order valence-electron chi connectivity index (χ1n) is 4.91. The molecule has 1 aromatic heterocycles. The molecule has 16 heavy (non-hydrogen) atoms. The Hall–Kier alpha value is -0.0700. The number of thiophene rings is 1. The van der Waals surface area contributed by atoms with Gasteiger partial charge in [0.25, 0.3) is 0 Å². The molecule has 0 aliphatic carbocycles. The molecule has 0 radical (unpaired) electrons. The van der Waals surface area contributed by atoms with Gasteiger partial charge in [0.1, 0.15) is 0 Å². The van der Waals surface area contributed by atoms with Crippen LogP contribution in [0.15, 0.2) is 15.9 Å². The van der Waals surface area contributed by atoms with Crippen LogP contribution >= 0.6 is 27.3 Å². The average molecular weight is 316 g/mol. The first kappa shape index (κ1) is 14.0. The maximum absolute atomic E-state index is 12.0. The molecule has 0 amide bonds. The number of nitrogens with one attached hydrogen (secondary N) is 1. The molecule has 1 heterocycles. The lowest BCUT2D eigenvalue weighted by Gasteiger charge is -2.14. The van der Waals surface area contributed by atoms with Gasteiger partial charge in [0, 0.05) is 17.3 Å². The third-order valence-corrected chi connectivity index (χ3v) is 3.98. The van der Waals surface area contributed by atoms with Crippen LogP contribution in [0.3, 0.4) is 0 Å². The Labute approximate surface area is 105 Å². The largest absolute Gasteiger partial charge is 0.389 e. The summed E-state index contributed by atoms with van der Waals surface area (Å²) in [5, 5.41) is 3.04. The highest BCUT2D eigenvalue weighted by Gasteiger charge is 2.26. The number of hydrogen-bond acceptors (Lipinski definition) is 2. The van der Waals surface area contributed by atoms with Crippen molar-refractivity contribution < 1.29 is 13.2 Å². The highest BCUT2D eigenvalue weighted by Crippen LogP contribution is 2.31. The van der Waals surface area contributed by atoms with Crippen LogP contribution in [0.5, 0.6) is 0 Å². The van der Waals surface area contributed by atoms with E-state index in [1.807, 2.05) is 12.1 Å². The number of alkyl halides is 3. The van der Waals surface area contributed by atoms with E-state index in [9.17, 15) is 13.2 Å². The normalized spacial score (nSPS) is 14.1. The first-order valence-corrected chi connectivity index (χ1v) is 6.52. The zero-order valence-electron chi connectivity index (χ0n) is 8.77. The van der Waals surface area contributed by atoms with E-state index in [-0.39, 0.29) is 12.5 Å². The van der Waals surface area contributed by atoms with E-state index in [0.717, 1.165) is 8.66 Å². The van der Waals surface area contributed by atoms with Crippen LogP contribution in [-0.2, 0) is 0 Å². The lowest BCUT2D eigenvalue weighted by atomic mass is 10.1. The first-order chi connectivity index (χ1) is 7.42. The predicted octanol–water partition coefficient (Wildman–Crippen LogP) is 4.50. The summed E-state index contributed by atoms with van der Waals surface area (Å²) >= 11 is 4.89. The quantitative estimate of drug-likeness (QED) is 0.843. The zero-order chi connectivity index (χ0) is 12.2. The molecule has 1 rings (SSSR count). The van der Waals surface area contributed by atoms with E-state index in [0.29, 0.717) is 6.42 Å². The van der Waals surface area contributed by atoms with Gasteiger partial charge in [0.05, 0.1) is 3.79 Å². The standard InChI is InChI=1S/C10H13BrF3NS/c1-15-7(3-2-6-10(12,13)14)8-4-5-9(11)16-8/h4-5,7,15H,2-3,6H2,1H3. The Kier molecular flexibility index (Phi) is 5.27. The molecule has 1 N–H and O–H groups in total. The van der Waals surface area contributed by atoms with E-state index in [1.165, 1.54) is 0 Å². The van der Waals surface area contributed by atoms with Gasteiger partial charge < -0.3 is 5.32 Å². The Balaban J connectivity index is 2.44. The van der Waals surface area contributed by atoms with E-state index in [1.54, 1.807) is 18.4 Å². The topological polar surface area (TPSA) is 12.0 Å². The van der Waals surface area contributed by atoms with E-state index >= 15 is 0 Å². The SMILES string of the molecule is CNC(CCCC(F)(F)F)c1ccc(Br)s1. The van der Waals surface area contributed by atoms with E-state index in [4.69, 9.17) is 0 Å². The molecule has 0 fully saturated rings. The second-order valence-corrected chi connectivity index (χ2v) is 5.99. The van der Waals surface area contributed by atoms with Crippen LogP contribution in [0, 0.1) is 0 Å². The maximum Gasteiger partial charge on any atom is 0.389 e. The van der Waals surface area contributed by atoms with Crippen molar-refractivity contribution in [1.29, 1.82) is 0 Å². The van der Waals surface area contributed by atoms with Crippen molar-refractivity contribution >= 4 is 27.3 Å². The lowest BCUT2D eigenvalue weighted by molar-refractivity contribution is -0.135. The van der Waals surface area contributed by atoms with Gasteiger partial charge in [-0.3, -0.25) is 0 Å². The van der Waals surface area contributed by atoms with Crippen LogP contribution in [0.25, 0.3) is 0 Å². The van der Waals surface area contributed by atoms with Gasteiger partial charge in [-0.15, -0.1) is 11.3 Å². The minimum atomic E-state index is -4.05. The van der Waals surface area contributed by atoms with Gasteiger partial charge in [-0.1, -0.05) is 0 Å². The summed E-state index contributed by atoms with van der Waals surface area (Å²) in [6.07, 6.45) is -4.10. The second-order valence-electron chi connectivity index (χ2n) is 3.49. The summed E-state index contributed by atoms with van der Waals surface area (Å²) in [5.41, 5.74) is 0. The van der Waals surface area contributed by atoms with Gasteiger partial charge in [0.2, 0.25) is 0 Å². The molecule has 0 aromatic carbocycles. The second kappa shape index (κ2) is 6.02. The third kappa shape index (κ3) is 4.84. The highest BCUT2D eigenvalue weighted by atomic mass is 79.9. The van der Waals surface area contributed by atoms with Crippen LogP contribution < -0.4 is 5.32 Å². The molecule has 0 bridgehead atoms. The fourth-order valence-corrected chi connectivity index (χ4v) is 3.02.